The Bertz CT molecular complexity index is 1320. The highest BCUT2D eigenvalue weighted by Gasteiger charge is 2.49. The van der Waals surface area contributed by atoms with Gasteiger partial charge in [0.25, 0.3) is 0 Å². The number of benzene rings is 3. The molecule has 0 bridgehead atoms. The van der Waals surface area contributed by atoms with E-state index in [1.54, 1.807) is 0 Å². The number of rotatable bonds is 10. The summed E-state index contributed by atoms with van der Waals surface area (Å²) < 4.78 is 5.64. The van der Waals surface area contributed by atoms with Crippen molar-refractivity contribution in [1.29, 1.82) is 0 Å². The van der Waals surface area contributed by atoms with Crippen LogP contribution in [0.2, 0.25) is 0 Å². The van der Waals surface area contributed by atoms with Crippen LogP contribution in [0.25, 0.3) is 0 Å². The van der Waals surface area contributed by atoms with Crippen molar-refractivity contribution in [2.75, 3.05) is 26.2 Å². The van der Waals surface area contributed by atoms with Crippen LogP contribution in [0.1, 0.15) is 28.7 Å². The van der Waals surface area contributed by atoms with Crippen molar-refractivity contribution in [3.63, 3.8) is 0 Å². The van der Waals surface area contributed by atoms with Crippen molar-refractivity contribution in [2.24, 2.45) is 11.7 Å². The van der Waals surface area contributed by atoms with E-state index in [0.717, 1.165) is 62.4 Å². The first kappa shape index (κ1) is 30.7. The quantitative estimate of drug-likeness (QED) is 0.242. The van der Waals surface area contributed by atoms with E-state index in [9.17, 15) is 14.4 Å². The van der Waals surface area contributed by atoms with E-state index in [1.165, 1.54) is 11.1 Å². The topological polar surface area (TPSA) is 171 Å². The van der Waals surface area contributed by atoms with E-state index >= 15 is 0 Å². The Morgan fingerprint density at radius 1 is 0.905 bits per heavy atom. The van der Waals surface area contributed by atoms with E-state index in [0.29, 0.717) is 0 Å². The lowest BCUT2D eigenvalue weighted by Crippen LogP contribution is -2.49. The number of aliphatic hydroxyl groups is 2. The molecule has 1 fully saturated rings. The van der Waals surface area contributed by atoms with Gasteiger partial charge >= 0.3 is 11.9 Å². The van der Waals surface area contributed by atoms with Gasteiger partial charge in [-0.05, 0) is 53.6 Å². The Kier molecular flexibility index (Phi) is 9.95. The molecule has 42 heavy (non-hydrogen) atoms. The predicted octanol–water partition coefficient (Wildman–Crippen LogP) is 1.83. The number of carboxylic acids is 2. The molecule has 2 unspecified atom stereocenters. The van der Waals surface area contributed by atoms with Crippen LogP contribution in [0.3, 0.4) is 0 Å². The van der Waals surface area contributed by atoms with Gasteiger partial charge in [0.1, 0.15) is 11.2 Å². The summed E-state index contributed by atoms with van der Waals surface area (Å²) in [5.41, 5.74) is 10.0. The van der Waals surface area contributed by atoms with Crippen LogP contribution >= 0.6 is 0 Å². The molecule has 0 saturated carbocycles. The number of ether oxygens (including phenoxy) is 1. The average molecular weight is 577 g/mol. The van der Waals surface area contributed by atoms with Gasteiger partial charge < -0.3 is 35.8 Å². The molecule has 2 aliphatic rings. The summed E-state index contributed by atoms with van der Waals surface area (Å²) in [6.07, 6.45) is -1.58. The van der Waals surface area contributed by atoms with Crippen LogP contribution in [-0.2, 0) is 32.6 Å². The molecule has 10 nitrogen and oxygen atoms in total. The Morgan fingerprint density at radius 3 is 2.00 bits per heavy atom. The Hall–Kier alpha value is -4.25. The molecule has 222 valence electrons. The van der Waals surface area contributed by atoms with Gasteiger partial charge in [0.15, 0.2) is 12.2 Å². The molecule has 1 saturated heterocycles. The van der Waals surface area contributed by atoms with Crippen molar-refractivity contribution in [2.45, 2.75) is 36.9 Å². The monoisotopic (exact) mass is 576 g/mol. The molecule has 3 atom stereocenters. The maximum Gasteiger partial charge on any atom is 0.335 e. The van der Waals surface area contributed by atoms with Gasteiger partial charge in [-0.3, -0.25) is 4.79 Å². The Balaban J connectivity index is 0.000000349. The smallest absolute Gasteiger partial charge is 0.335 e. The first-order valence-corrected chi connectivity index (χ1v) is 13.8. The first-order chi connectivity index (χ1) is 20.1. The fourth-order valence-corrected chi connectivity index (χ4v) is 5.87. The average Bonchev–Trinajstić information content (AvgIpc) is 3.67. The van der Waals surface area contributed by atoms with Gasteiger partial charge in [-0.2, -0.15) is 0 Å². The van der Waals surface area contributed by atoms with Crippen molar-refractivity contribution >= 4 is 17.8 Å². The summed E-state index contributed by atoms with van der Waals surface area (Å²) in [5.74, 6) is -2.63. The summed E-state index contributed by atoms with van der Waals surface area (Å²) in [5, 5.41) is 32.5. The summed E-state index contributed by atoms with van der Waals surface area (Å²) in [6, 6.07) is 26.7. The molecule has 3 aromatic carbocycles. The van der Waals surface area contributed by atoms with Crippen molar-refractivity contribution in [1.82, 2.24) is 4.90 Å². The van der Waals surface area contributed by atoms with Gasteiger partial charge in [-0.15, -0.1) is 0 Å². The van der Waals surface area contributed by atoms with Gasteiger partial charge in [-0.1, -0.05) is 72.8 Å². The van der Waals surface area contributed by atoms with Crippen LogP contribution in [0.4, 0.5) is 0 Å². The minimum atomic E-state index is -2.27. The number of carbonyl (C=O) groups is 3. The second kappa shape index (κ2) is 13.6. The normalized spacial score (nSPS) is 17.7. The molecule has 6 N–H and O–H groups in total. The number of hydrogen-bond donors (Lipinski definition) is 5. The fraction of sp³-hybridized carbons (Fsp3) is 0.344. The Labute approximate surface area is 244 Å². The number of nitrogens with zero attached hydrogens (tertiary/aromatic N) is 1. The Morgan fingerprint density at radius 2 is 1.48 bits per heavy atom. The third-order valence-electron chi connectivity index (χ3n) is 8.01. The fourth-order valence-electron chi connectivity index (χ4n) is 5.87. The maximum atomic E-state index is 13.2. The molecule has 0 radical (unpaired) electrons. The summed E-state index contributed by atoms with van der Waals surface area (Å²) in [4.78, 5) is 35.2. The minimum absolute atomic E-state index is 0.137. The van der Waals surface area contributed by atoms with E-state index in [4.69, 9.17) is 30.9 Å². The number of aliphatic carboxylic acids is 2. The molecule has 2 aliphatic heterocycles. The third-order valence-corrected chi connectivity index (χ3v) is 8.01. The zero-order valence-electron chi connectivity index (χ0n) is 23.1. The van der Waals surface area contributed by atoms with Crippen molar-refractivity contribution in [3.05, 3.63) is 101 Å². The standard InChI is InChI=1S/C28H30N2O2.C4H6O6/c29-27(31)28(23-7-3-1-4-8-23,24-9-5-2-6-10-24)25-14-17-30(20-25)16-13-21-11-12-26-22(19-21)15-18-32-26;5-1(3(7)8)2(6)4(9)10/h1-12,19,25H,13-18,20H2,(H2,29,31);1-2,5-6H,(H,7,8)(H,9,10)/t25-;/m1./s1. The highest BCUT2D eigenvalue weighted by Crippen LogP contribution is 2.43. The van der Waals surface area contributed by atoms with E-state index in [-0.39, 0.29) is 11.8 Å². The molecule has 5 rings (SSSR count). The molecule has 2 heterocycles. The lowest BCUT2D eigenvalue weighted by Gasteiger charge is -2.37. The highest BCUT2D eigenvalue weighted by molar-refractivity contribution is 5.91. The SMILES string of the molecule is NC(=O)C(c1ccccc1)(c1ccccc1)[C@@H]1CCN(CCc2ccc3c(c2)CCO3)C1.O=C(O)C(O)C(O)C(=O)O. The molecule has 3 aromatic rings. The van der Waals surface area contributed by atoms with Gasteiger partial charge in [-0.25, -0.2) is 9.59 Å². The molecular formula is C32H36N2O8. The van der Waals surface area contributed by atoms with Crippen LogP contribution in [-0.4, -0.2) is 81.6 Å². The number of amides is 1. The minimum Gasteiger partial charge on any atom is -0.493 e. The third kappa shape index (κ3) is 6.62. The summed E-state index contributed by atoms with van der Waals surface area (Å²) in [7, 11) is 0. The molecule has 0 aliphatic carbocycles. The largest absolute Gasteiger partial charge is 0.493 e. The first-order valence-electron chi connectivity index (χ1n) is 13.8. The highest BCUT2D eigenvalue weighted by atomic mass is 16.5. The zero-order chi connectivity index (χ0) is 30.3. The molecule has 1 amide bonds. The van der Waals surface area contributed by atoms with Crippen LogP contribution in [0.5, 0.6) is 5.75 Å². The van der Waals surface area contributed by atoms with Crippen LogP contribution in [0.15, 0.2) is 78.9 Å². The van der Waals surface area contributed by atoms with Crippen molar-refractivity contribution in [3.8, 4) is 5.75 Å². The number of primary amides is 1. The number of hydrogen-bond acceptors (Lipinski definition) is 7. The number of carbonyl (C=O) groups excluding carboxylic acids is 1. The maximum absolute atomic E-state index is 13.2. The number of carboxylic acid groups (broad SMARTS) is 2. The zero-order valence-corrected chi connectivity index (χ0v) is 23.1. The van der Waals surface area contributed by atoms with E-state index in [1.807, 2.05) is 60.7 Å². The lowest BCUT2D eigenvalue weighted by atomic mass is 9.64. The van der Waals surface area contributed by atoms with Crippen LogP contribution in [0, 0.1) is 5.92 Å². The molecule has 0 aromatic heterocycles. The van der Waals surface area contributed by atoms with Crippen molar-refractivity contribution < 1.29 is 39.5 Å². The summed E-state index contributed by atoms with van der Waals surface area (Å²) in [6.45, 7) is 3.61. The van der Waals surface area contributed by atoms with E-state index < -0.39 is 29.6 Å². The van der Waals surface area contributed by atoms with Gasteiger partial charge in [0.05, 0.1) is 6.61 Å². The lowest BCUT2D eigenvalue weighted by molar-refractivity contribution is -0.165. The number of fused-ring (bicyclic) bond motifs is 1. The number of aliphatic hydroxyl groups excluding tert-OH is 2. The van der Waals surface area contributed by atoms with E-state index in [2.05, 4.69) is 23.1 Å². The van der Waals surface area contributed by atoms with Gasteiger partial charge in [0.2, 0.25) is 5.91 Å². The predicted molar refractivity (Wildman–Crippen MR) is 154 cm³/mol. The van der Waals surface area contributed by atoms with Crippen LogP contribution < -0.4 is 10.5 Å². The number of nitrogens with two attached hydrogens (primary N) is 1. The second-order valence-corrected chi connectivity index (χ2v) is 10.5. The molecular weight excluding hydrogens is 540 g/mol. The number of likely N-dealkylation sites (tertiary alicyclic amines) is 1. The molecule has 10 heteroatoms. The summed E-state index contributed by atoms with van der Waals surface area (Å²) >= 11 is 0. The van der Waals surface area contributed by atoms with Gasteiger partial charge in [0, 0.05) is 19.5 Å². The second-order valence-electron chi connectivity index (χ2n) is 10.5. The molecule has 0 spiro atoms.